The number of aromatic nitrogens is 1. The summed E-state index contributed by atoms with van der Waals surface area (Å²) in [5, 5.41) is 8.81. The summed E-state index contributed by atoms with van der Waals surface area (Å²) in [6.45, 7) is 3.54. The molecular weight excluding hydrogens is 352 g/mol. The number of para-hydroxylation sites is 1. The maximum absolute atomic E-state index is 12.6. The second-order valence-corrected chi connectivity index (χ2v) is 6.28. The summed E-state index contributed by atoms with van der Waals surface area (Å²) in [4.78, 5) is 27.9. The Balaban J connectivity index is 1.71. The zero-order chi connectivity index (χ0) is 19.9. The molecule has 0 aliphatic carbocycles. The van der Waals surface area contributed by atoms with E-state index in [4.69, 9.17) is 0 Å². The molecule has 0 atom stereocenters. The van der Waals surface area contributed by atoms with Gasteiger partial charge >= 0.3 is 0 Å². The van der Waals surface area contributed by atoms with Crippen molar-refractivity contribution in [1.29, 1.82) is 0 Å². The monoisotopic (exact) mass is 374 g/mol. The Kier molecular flexibility index (Phi) is 6.01. The highest BCUT2D eigenvalue weighted by atomic mass is 16.2. The van der Waals surface area contributed by atoms with E-state index in [0.717, 1.165) is 12.1 Å². The van der Waals surface area contributed by atoms with Crippen LogP contribution in [0.1, 0.15) is 29.8 Å². The molecule has 0 saturated carbocycles. The van der Waals surface area contributed by atoms with Gasteiger partial charge in [0.05, 0.1) is 0 Å². The topological polar surface area (TPSA) is 83.1 Å². The fraction of sp³-hybridized carbons (Fsp3) is 0.136. The van der Waals surface area contributed by atoms with Gasteiger partial charge in [0.1, 0.15) is 5.82 Å². The van der Waals surface area contributed by atoms with E-state index in [9.17, 15) is 9.59 Å². The molecule has 2 amide bonds. The van der Waals surface area contributed by atoms with E-state index in [1.54, 1.807) is 42.6 Å². The number of carbonyl (C=O) groups is 2. The van der Waals surface area contributed by atoms with Crippen molar-refractivity contribution in [1.82, 2.24) is 4.98 Å². The summed E-state index contributed by atoms with van der Waals surface area (Å²) in [7, 11) is 0. The highest BCUT2D eigenvalue weighted by Gasteiger charge is 2.09. The molecule has 142 valence electrons. The molecule has 6 nitrogen and oxygen atoms in total. The number of hydrogen-bond donors (Lipinski definition) is 3. The Bertz CT molecular complexity index is 984. The minimum absolute atomic E-state index is 0.141. The summed E-state index contributed by atoms with van der Waals surface area (Å²) in [6.07, 6.45) is 2.50. The first kappa shape index (κ1) is 19.1. The number of anilines is 4. The number of pyridine rings is 1. The van der Waals surface area contributed by atoms with Gasteiger partial charge in [-0.2, -0.15) is 0 Å². The van der Waals surface area contributed by atoms with Gasteiger partial charge in [0, 0.05) is 35.7 Å². The molecular formula is C22H22N4O2. The molecule has 0 saturated heterocycles. The fourth-order valence-electron chi connectivity index (χ4n) is 2.77. The van der Waals surface area contributed by atoms with Crippen LogP contribution in [0.3, 0.4) is 0 Å². The normalized spacial score (nSPS) is 10.2. The minimum atomic E-state index is -0.235. The van der Waals surface area contributed by atoms with Crippen LogP contribution in [-0.4, -0.2) is 16.8 Å². The quantitative estimate of drug-likeness (QED) is 0.589. The average molecular weight is 374 g/mol. The Morgan fingerprint density at radius 1 is 0.929 bits per heavy atom. The molecule has 3 rings (SSSR count). The third-order valence-corrected chi connectivity index (χ3v) is 4.15. The summed E-state index contributed by atoms with van der Waals surface area (Å²) < 4.78 is 0. The molecule has 6 heteroatoms. The lowest BCUT2D eigenvalue weighted by atomic mass is 10.1. The first-order chi connectivity index (χ1) is 13.5. The second kappa shape index (κ2) is 8.81. The van der Waals surface area contributed by atoms with Crippen molar-refractivity contribution in [3.63, 3.8) is 0 Å². The predicted octanol–water partition coefficient (Wildman–Crippen LogP) is 4.60. The SMILES string of the molecule is CCc1ccccc1Nc1cc(C(=O)Nc2ccc(NC(C)=O)cc2)ccn1. The third kappa shape index (κ3) is 4.94. The average Bonchev–Trinajstić information content (AvgIpc) is 2.70. The number of nitrogens with one attached hydrogen (secondary N) is 3. The van der Waals surface area contributed by atoms with Gasteiger partial charge in [-0.1, -0.05) is 25.1 Å². The summed E-state index contributed by atoms with van der Waals surface area (Å²) in [6, 6.07) is 18.3. The van der Waals surface area contributed by atoms with Crippen LogP contribution in [0, 0.1) is 0 Å². The maximum Gasteiger partial charge on any atom is 0.255 e. The summed E-state index contributed by atoms with van der Waals surface area (Å²) >= 11 is 0. The molecule has 0 radical (unpaired) electrons. The van der Waals surface area contributed by atoms with E-state index in [0.29, 0.717) is 22.8 Å². The second-order valence-electron chi connectivity index (χ2n) is 6.28. The molecule has 1 aromatic heterocycles. The minimum Gasteiger partial charge on any atom is -0.340 e. The number of rotatable bonds is 6. The van der Waals surface area contributed by atoms with E-state index in [-0.39, 0.29) is 11.8 Å². The van der Waals surface area contributed by atoms with Gasteiger partial charge in [-0.3, -0.25) is 9.59 Å². The van der Waals surface area contributed by atoms with Gasteiger partial charge in [0.2, 0.25) is 5.91 Å². The van der Waals surface area contributed by atoms with Crippen LogP contribution >= 0.6 is 0 Å². The molecule has 0 aliphatic heterocycles. The van der Waals surface area contributed by atoms with Gasteiger partial charge < -0.3 is 16.0 Å². The maximum atomic E-state index is 12.6. The smallest absolute Gasteiger partial charge is 0.255 e. The first-order valence-corrected chi connectivity index (χ1v) is 9.05. The molecule has 3 N–H and O–H groups in total. The zero-order valence-electron chi connectivity index (χ0n) is 15.8. The number of nitrogens with zero attached hydrogens (tertiary/aromatic N) is 1. The van der Waals surface area contributed by atoms with E-state index in [1.165, 1.54) is 12.5 Å². The summed E-state index contributed by atoms with van der Waals surface area (Å²) in [5.41, 5.74) is 3.97. The van der Waals surface area contributed by atoms with E-state index >= 15 is 0 Å². The van der Waals surface area contributed by atoms with Crippen molar-refractivity contribution in [2.24, 2.45) is 0 Å². The molecule has 3 aromatic rings. The highest BCUT2D eigenvalue weighted by Crippen LogP contribution is 2.21. The Hall–Kier alpha value is -3.67. The van der Waals surface area contributed by atoms with E-state index in [2.05, 4.69) is 33.9 Å². The molecule has 1 heterocycles. The van der Waals surface area contributed by atoms with Crippen molar-refractivity contribution >= 4 is 34.7 Å². The van der Waals surface area contributed by atoms with Crippen LogP contribution in [0.4, 0.5) is 22.9 Å². The Labute approximate surface area is 164 Å². The number of carbonyl (C=O) groups excluding carboxylic acids is 2. The van der Waals surface area contributed by atoms with E-state index in [1.807, 2.05) is 18.2 Å². The van der Waals surface area contributed by atoms with Crippen molar-refractivity contribution in [2.45, 2.75) is 20.3 Å². The van der Waals surface area contributed by atoms with Gasteiger partial charge in [-0.05, 0) is 54.4 Å². The lowest BCUT2D eigenvalue weighted by Crippen LogP contribution is -2.12. The fourth-order valence-corrected chi connectivity index (χ4v) is 2.77. The van der Waals surface area contributed by atoms with Gasteiger partial charge in [0.25, 0.3) is 5.91 Å². The molecule has 2 aromatic carbocycles. The van der Waals surface area contributed by atoms with Crippen LogP contribution in [0.5, 0.6) is 0 Å². The molecule has 0 bridgehead atoms. The molecule has 0 fully saturated rings. The first-order valence-electron chi connectivity index (χ1n) is 9.05. The predicted molar refractivity (Wildman–Crippen MR) is 112 cm³/mol. The van der Waals surface area contributed by atoms with Crippen LogP contribution in [0.25, 0.3) is 0 Å². The number of aryl methyl sites for hydroxylation is 1. The van der Waals surface area contributed by atoms with Crippen molar-refractivity contribution in [3.05, 3.63) is 78.0 Å². The molecule has 0 spiro atoms. The number of benzene rings is 2. The van der Waals surface area contributed by atoms with Gasteiger partial charge in [-0.15, -0.1) is 0 Å². The van der Waals surface area contributed by atoms with Crippen LogP contribution in [0.15, 0.2) is 66.9 Å². The largest absolute Gasteiger partial charge is 0.340 e. The van der Waals surface area contributed by atoms with Gasteiger partial charge in [-0.25, -0.2) is 4.98 Å². The molecule has 0 unspecified atom stereocenters. The lowest BCUT2D eigenvalue weighted by molar-refractivity contribution is -0.114. The third-order valence-electron chi connectivity index (χ3n) is 4.15. The van der Waals surface area contributed by atoms with Crippen LogP contribution in [0.2, 0.25) is 0 Å². The molecule has 28 heavy (non-hydrogen) atoms. The molecule has 0 aliphatic rings. The van der Waals surface area contributed by atoms with Crippen molar-refractivity contribution in [3.8, 4) is 0 Å². The van der Waals surface area contributed by atoms with Crippen molar-refractivity contribution in [2.75, 3.05) is 16.0 Å². The summed E-state index contributed by atoms with van der Waals surface area (Å²) in [5.74, 6) is 0.231. The lowest BCUT2D eigenvalue weighted by Gasteiger charge is -2.11. The van der Waals surface area contributed by atoms with Crippen molar-refractivity contribution < 1.29 is 9.59 Å². The number of hydrogen-bond acceptors (Lipinski definition) is 4. The Morgan fingerprint density at radius 2 is 1.61 bits per heavy atom. The van der Waals surface area contributed by atoms with E-state index < -0.39 is 0 Å². The van der Waals surface area contributed by atoms with Gasteiger partial charge in [0.15, 0.2) is 0 Å². The van der Waals surface area contributed by atoms with Crippen LogP contribution < -0.4 is 16.0 Å². The highest BCUT2D eigenvalue weighted by molar-refractivity contribution is 6.04. The van der Waals surface area contributed by atoms with Crippen LogP contribution in [-0.2, 0) is 11.2 Å². The zero-order valence-corrected chi connectivity index (χ0v) is 15.8. The number of amides is 2. The Morgan fingerprint density at radius 3 is 2.29 bits per heavy atom. The standard InChI is InChI=1S/C22H22N4O2/c1-3-16-6-4-5-7-20(16)26-21-14-17(12-13-23-21)22(28)25-19-10-8-18(9-11-19)24-15(2)27/h4-14H,3H2,1-2H3,(H,23,26)(H,24,27)(H,25,28).